The average Bonchev–Trinajstić information content (AvgIpc) is 2.63. The van der Waals surface area contributed by atoms with E-state index in [1.54, 1.807) is 18.2 Å². The van der Waals surface area contributed by atoms with Crippen molar-refractivity contribution in [2.45, 2.75) is 52.5 Å². The lowest BCUT2D eigenvalue weighted by Gasteiger charge is -2.22. The first-order chi connectivity index (χ1) is 13.3. The van der Waals surface area contributed by atoms with Crippen molar-refractivity contribution < 1.29 is 24.3 Å². The summed E-state index contributed by atoms with van der Waals surface area (Å²) in [4.78, 5) is 48.4. The molecular formula is C20H29N3O5. The topological polar surface area (TPSA) is 125 Å². The van der Waals surface area contributed by atoms with Gasteiger partial charge >= 0.3 is 12.0 Å². The highest BCUT2D eigenvalue weighted by molar-refractivity contribution is 6.10. The van der Waals surface area contributed by atoms with Gasteiger partial charge < -0.3 is 21.1 Å². The second kappa shape index (κ2) is 11.7. The van der Waals surface area contributed by atoms with E-state index in [9.17, 15) is 19.2 Å². The van der Waals surface area contributed by atoms with Crippen molar-refractivity contribution in [3.05, 3.63) is 29.8 Å². The van der Waals surface area contributed by atoms with Crippen LogP contribution in [-0.4, -0.2) is 41.4 Å². The van der Waals surface area contributed by atoms with Crippen molar-refractivity contribution in [3.63, 3.8) is 0 Å². The summed E-state index contributed by atoms with van der Waals surface area (Å²) in [6.45, 7) is 5.12. The predicted molar refractivity (Wildman–Crippen MR) is 106 cm³/mol. The minimum absolute atomic E-state index is 0.380. The molecule has 0 spiro atoms. The Morgan fingerprint density at radius 1 is 1.07 bits per heavy atom. The second-order valence-corrected chi connectivity index (χ2v) is 6.69. The van der Waals surface area contributed by atoms with Crippen molar-refractivity contribution >= 4 is 29.4 Å². The van der Waals surface area contributed by atoms with Crippen LogP contribution < -0.4 is 16.0 Å². The molecule has 1 atom stereocenters. The molecular weight excluding hydrogens is 362 g/mol. The molecule has 154 valence electrons. The Kier molecular flexibility index (Phi) is 9.70. The summed E-state index contributed by atoms with van der Waals surface area (Å²) in [6, 6.07) is 4.91. The van der Waals surface area contributed by atoms with Gasteiger partial charge in [0.1, 0.15) is 6.54 Å². The first kappa shape index (κ1) is 23.1. The summed E-state index contributed by atoms with van der Waals surface area (Å²) in [5.74, 6) is -2.85. The Morgan fingerprint density at radius 3 is 2.25 bits per heavy atom. The van der Waals surface area contributed by atoms with Crippen LogP contribution in [0.5, 0.6) is 0 Å². The molecule has 0 heterocycles. The third-order valence-corrected chi connectivity index (χ3v) is 4.19. The number of aryl methyl sites for hydroxylation is 1. The Hall–Kier alpha value is -2.90. The summed E-state index contributed by atoms with van der Waals surface area (Å²) in [5, 5.41) is 15.9. The fraction of sp³-hybridized carbons (Fsp3) is 0.500. The highest BCUT2D eigenvalue weighted by Gasteiger charge is 2.33. The number of carboxylic acids is 1. The molecule has 1 rings (SSSR count). The van der Waals surface area contributed by atoms with Gasteiger partial charge in [0.15, 0.2) is 11.8 Å². The molecule has 0 aliphatic rings. The van der Waals surface area contributed by atoms with Gasteiger partial charge in [-0.1, -0.05) is 38.8 Å². The van der Waals surface area contributed by atoms with E-state index in [4.69, 9.17) is 5.11 Å². The average molecular weight is 391 g/mol. The number of hydrogen-bond acceptors (Lipinski definition) is 4. The normalized spacial score (nSPS) is 11.6. The van der Waals surface area contributed by atoms with Gasteiger partial charge in [0, 0.05) is 11.6 Å². The number of carboxylic acid groups (broad SMARTS) is 1. The Balaban J connectivity index is 2.94. The highest BCUT2D eigenvalue weighted by atomic mass is 16.4. The zero-order chi connectivity index (χ0) is 21.1. The van der Waals surface area contributed by atoms with E-state index in [0.717, 1.165) is 18.4 Å². The molecule has 1 aromatic rings. The van der Waals surface area contributed by atoms with E-state index in [0.29, 0.717) is 18.5 Å². The quantitative estimate of drug-likeness (QED) is 0.431. The molecule has 0 aromatic heterocycles. The fourth-order valence-corrected chi connectivity index (χ4v) is 2.91. The number of carbonyl (C=O) groups excluding carboxylic acids is 3. The molecule has 0 radical (unpaired) electrons. The minimum atomic E-state index is -1.45. The van der Waals surface area contributed by atoms with Gasteiger partial charge in [-0.2, -0.15) is 0 Å². The molecule has 0 fully saturated rings. The largest absolute Gasteiger partial charge is 0.480 e. The number of ketones is 1. The Bertz CT molecular complexity index is 699. The lowest BCUT2D eigenvalue weighted by molar-refractivity contribution is -0.140. The monoisotopic (exact) mass is 391 g/mol. The van der Waals surface area contributed by atoms with E-state index in [1.807, 2.05) is 26.8 Å². The first-order valence-corrected chi connectivity index (χ1v) is 9.45. The summed E-state index contributed by atoms with van der Waals surface area (Å²) >= 11 is 0. The van der Waals surface area contributed by atoms with Crippen LogP contribution >= 0.6 is 0 Å². The van der Waals surface area contributed by atoms with Crippen LogP contribution in [0.3, 0.4) is 0 Å². The van der Waals surface area contributed by atoms with Gasteiger partial charge in [0.05, 0.1) is 0 Å². The molecule has 1 unspecified atom stereocenters. The number of carbonyl (C=O) groups is 4. The summed E-state index contributed by atoms with van der Waals surface area (Å²) < 4.78 is 0. The maximum absolute atomic E-state index is 12.9. The van der Waals surface area contributed by atoms with E-state index in [-0.39, 0.29) is 5.92 Å². The number of urea groups is 1. The van der Waals surface area contributed by atoms with Crippen LogP contribution in [0, 0.1) is 12.8 Å². The summed E-state index contributed by atoms with van der Waals surface area (Å²) in [6.07, 6.45) is 2.71. The maximum Gasteiger partial charge on any atom is 0.322 e. The van der Waals surface area contributed by atoms with Crippen LogP contribution in [0.15, 0.2) is 24.3 Å². The van der Waals surface area contributed by atoms with Gasteiger partial charge in [-0.15, -0.1) is 0 Å². The Labute approximate surface area is 165 Å². The van der Waals surface area contributed by atoms with Gasteiger partial charge in [-0.05, 0) is 37.5 Å². The summed E-state index contributed by atoms with van der Waals surface area (Å²) in [7, 11) is 0. The molecule has 0 saturated carbocycles. The fourth-order valence-electron chi connectivity index (χ4n) is 2.91. The zero-order valence-corrected chi connectivity index (χ0v) is 16.6. The molecule has 1 aromatic carbocycles. The van der Waals surface area contributed by atoms with Crippen LogP contribution in [0.1, 0.15) is 45.1 Å². The number of Topliss-reactive ketones (excluding diaryl/α,β-unsaturated/α-hetero) is 1. The molecule has 0 aliphatic heterocycles. The lowest BCUT2D eigenvalue weighted by Crippen LogP contribution is -2.54. The highest BCUT2D eigenvalue weighted by Crippen LogP contribution is 2.17. The van der Waals surface area contributed by atoms with Crippen LogP contribution in [0.2, 0.25) is 0 Å². The third-order valence-electron chi connectivity index (χ3n) is 4.19. The smallest absolute Gasteiger partial charge is 0.322 e. The molecule has 28 heavy (non-hydrogen) atoms. The van der Waals surface area contributed by atoms with Crippen molar-refractivity contribution in [2.24, 2.45) is 5.92 Å². The summed E-state index contributed by atoms with van der Waals surface area (Å²) in [5.41, 5.74) is 1.46. The minimum Gasteiger partial charge on any atom is -0.480 e. The van der Waals surface area contributed by atoms with E-state index in [1.165, 1.54) is 0 Å². The number of anilines is 1. The Morgan fingerprint density at radius 2 is 1.71 bits per heavy atom. The number of aliphatic carboxylic acids is 1. The van der Waals surface area contributed by atoms with Crippen molar-refractivity contribution in [3.8, 4) is 0 Å². The second-order valence-electron chi connectivity index (χ2n) is 6.69. The third kappa shape index (κ3) is 7.77. The zero-order valence-electron chi connectivity index (χ0n) is 16.6. The molecule has 8 heteroatoms. The van der Waals surface area contributed by atoms with Gasteiger partial charge in [0.25, 0.3) is 5.91 Å². The number of nitrogens with one attached hydrogen (secondary N) is 3. The molecule has 8 nitrogen and oxygen atoms in total. The van der Waals surface area contributed by atoms with Crippen LogP contribution in [0.4, 0.5) is 10.5 Å². The molecule has 0 saturated heterocycles. The van der Waals surface area contributed by atoms with Gasteiger partial charge in [-0.3, -0.25) is 14.4 Å². The van der Waals surface area contributed by atoms with Crippen molar-refractivity contribution in [2.75, 3.05) is 11.9 Å². The van der Waals surface area contributed by atoms with Crippen molar-refractivity contribution in [1.82, 2.24) is 10.6 Å². The van der Waals surface area contributed by atoms with E-state index < -0.39 is 36.3 Å². The number of rotatable bonds is 11. The SMILES string of the molecule is CCCC(CCC)C(=O)C(NC(=O)Nc1cccc(C)c1)C(=O)NCC(=O)O. The molecule has 4 N–H and O–H groups in total. The van der Waals surface area contributed by atoms with Gasteiger partial charge in [0.2, 0.25) is 0 Å². The molecule has 0 aliphatic carbocycles. The standard InChI is InChI=1S/C20H29N3O5/c1-4-7-14(8-5-2)18(26)17(19(27)21-12-16(24)25)23-20(28)22-15-10-6-9-13(3)11-15/h6,9-11,14,17H,4-5,7-8,12H2,1-3H3,(H,21,27)(H,24,25)(H2,22,23,28). The lowest BCUT2D eigenvalue weighted by atomic mass is 9.89. The molecule has 3 amide bonds. The van der Waals surface area contributed by atoms with Crippen molar-refractivity contribution in [1.29, 1.82) is 0 Å². The number of benzene rings is 1. The maximum atomic E-state index is 12.9. The van der Waals surface area contributed by atoms with Crippen LogP contribution in [0.25, 0.3) is 0 Å². The van der Waals surface area contributed by atoms with Gasteiger partial charge in [-0.25, -0.2) is 4.79 Å². The molecule has 0 bridgehead atoms. The van der Waals surface area contributed by atoms with E-state index >= 15 is 0 Å². The van der Waals surface area contributed by atoms with E-state index in [2.05, 4.69) is 16.0 Å². The number of amides is 3. The van der Waals surface area contributed by atoms with Crippen LogP contribution in [-0.2, 0) is 14.4 Å². The predicted octanol–water partition coefficient (Wildman–Crippen LogP) is 2.47. The first-order valence-electron chi connectivity index (χ1n) is 9.45. The number of hydrogen-bond donors (Lipinski definition) is 4.